The summed E-state index contributed by atoms with van der Waals surface area (Å²) < 4.78 is 37.7. The average Bonchev–Trinajstić information content (AvgIpc) is 2.58. The van der Waals surface area contributed by atoms with Crippen molar-refractivity contribution in [1.29, 1.82) is 0 Å². The number of hydrogen-bond donors (Lipinski definition) is 2. The second-order valence-electron chi connectivity index (χ2n) is 5.40. The van der Waals surface area contributed by atoms with Gasteiger partial charge in [-0.1, -0.05) is 0 Å². The van der Waals surface area contributed by atoms with Crippen LogP contribution in [0.3, 0.4) is 0 Å². The molecule has 1 heterocycles. The third-order valence-corrected chi connectivity index (χ3v) is 3.57. The van der Waals surface area contributed by atoms with Gasteiger partial charge in [-0.2, -0.15) is 13.2 Å². The van der Waals surface area contributed by atoms with E-state index in [9.17, 15) is 33.2 Å². The van der Waals surface area contributed by atoms with E-state index in [1.807, 2.05) is 0 Å². The highest BCUT2D eigenvalue weighted by Gasteiger charge is 2.33. The molecule has 138 valence electrons. The second kappa shape index (κ2) is 7.48. The molecule has 26 heavy (non-hydrogen) atoms. The van der Waals surface area contributed by atoms with E-state index in [-0.39, 0.29) is 23.5 Å². The molecule has 0 aliphatic heterocycles. The molecule has 0 fully saturated rings. The molecule has 10 heteroatoms. The molecule has 0 spiro atoms. The Balaban J connectivity index is 2.02. The van der Waals surface area contributed by atoms with Crippen molar-refractivity contribution in [1.82, 2.24) is 10.3 Å². The van der Waals surface area contributed by atoms with Gasteiger partial charge in [0.25, 0.3) is 11.6 Å². The summed E-state index contributed by atoms with van der Waals surface area (Å²) in [4.78, 5) is 25.4. The van der Waals surface area contributed by atoms with Gasteiger partial charge < -0.3 is 10.4 Å². The first kappa shape index (κ1) is 19.3. The van der Waals surface area contributed by atoms with Gasteiger partial charge in [0.15, 0.2) is 0 Å². The lowest BCUT2D eigenvalue weighted by Gasteiger charge is -2.14. The van der Waals surface area contributed by atoms with E-state index < -0.39 is 28.8 Å². The number of aromatic nitrogens is 1. The lowest BCUT2D eigenvalue weighted by molar-refractivity contribution is -0.384. The number of aliphatic hydroxyl groups is 1. The minimum Gasteiger partial charge on any atom is -0.387 e. The van der Waals surface area contributed by atoms with Crippen molar-refractivity contribution >= 4 is 11.6 Å². The lowest BCUT2D eigenvalue weighted by Crippen LogP contribution is -2.29. The number of carbonyl (C=O) groups is 1. The highest BCUT2D eigenvalue weighted by molar-refractivity contribution is 5.95. The number of non-ortho nitro benzene ring substituents is 1. The van der Waals surface area contributed by atoms with Crippen LogP contribution >= 0.6 is 0 Å². The number of aryl methyl sites for hydroxylation is 1. The first-order valence-electron chi connectivity index (χ1n) is 7.35. The van der Waals surface area contributed by atoms with Crippen LogP contribution in [0.15, 0.2) is 36.4 Å². The number of alkyl halides is 3. The lowest BCUT2D eigenvalue weighted by atomic mass is 10.1. The van der Waals surface area contributed by atoms with E-state index in [1.54, 1.807) is 0 Å². The van der Waals surface area contributed by atoms with Crippen LogP contribution in [0.25, 0.3) is 0 Å². The van der Waals surface area contributed by atoms with Crippen molar-refractivity contribution in [2.24, 2.45) is 0 Å². The molecule has 2 N–H and O–H groups in total. The molecule has 1 amide bonds. The monoisotopic (exact) mass is 369 g/mol. The van der Waals surface area contributed by atoms with Crippen molar-refractivity contribution in [3.8, 4) is 0 Å². The summed E-state index contributed by atoms with van der Waals surface area (Å²) >= 11 is 0. The van der Waals surface area contributed by atoms with Gasteiger partial charge in [-0.15, -0.1) is 0 Å². The van der Waals surface area contributed by atoms with E-state index in [4.69, 9.17) is 0 Å². The topological polar surface area (TPSA) is 105 Å². The van der Waals surface area contributed by atoms with Gasteiger partial charge in [0.1, 0.15) is 5.69 Å². The molecular formula is C16H14F3N3O4. The van der Waals surface area contributed by atoms with E-state index in [2.05, 4.69) is 10.3 Å². The molecule has 2 rings (SSSR count). The summed E-state index contributed by atoms with van der Waals surface area (Å²) in [7, 11) is 0. The summed E-state index contributed by atoms with van der Waals surface area (Å²) in [5.74, 6) is -0.690. The van der Waals surface area contributed by atoms with E-state index in [1.165, 1.54) is 31.2 Å². The number of nitro groups is 1. The van der Waals surface area contributed by atoms with Crippen molar-refractivity contribution in [2.75, 3.05) is 6.54 Å². The molecule has 1 atom stereocenters. The van der Waals surface area contributed by atoms with Crippen LogP contribution in [0.5, 0.6) is 0 Å². The van der Waals surface area contributed by atoms with Crippen LogP contribution in [-0.4, -0.2) is 27.5 Å². The quantitative estimate of drug-likeness (QED) is 0.623. The maximum Gasteiger partial charge on any atom is 0.433 e. The average molecular weight is 369 g/mol. The maximum absolute atomic E-state index is 12.6. The first-order valence-corrected chi connectivity index (χ1v) is 7.35. The zero-order valence-corrected chi connectivity index (χ0v) is 13.4. The van der Waals surface area contributed by atoms with Gasteiger partial charge >= 0.3 is 6.18 Å². The highest BCUT2D eigenvalue weighted by atomic mass is 19.4. The number of aliphatic hydroxyl groups excluding tert-OH is 1. The molecule has 0 aliphatic carbocycles. The summed E-state index contributed by atoms with van der Waals surface area (Å²) in [6.07, 6.45) is -5.74. The standard InChI is InChI=1S/C16H14F3N3O4/c1-9-12(6-7-14(21-9)16(17,18)19)15(24)20-8-13(23)10-2-4-11(5-3-10)22(25)26/h2-7,13,23H,8H2,1H3,(H,20,24)/t13-/m0/s1. The molecule has 2 aromatic rings. The summed E-state index contributed by atoms with van der Waals surface area (Å²) in [6.45, 7) is 1.05. The number of pyridine rings is 1. The molecule has 0 saturated carbocycles. The number of carbonyl (C=O) groups excluding carboxylic acids is 1. The fourth-order valence-corrected chi connectivity index (χ4v) is 2.18. The van der Waals surface area contributed by atoms with E-state index in [0.29, 0.717) is 11.6 Å². The molecule has 0 unspecified atom stereocenters. The van der Waals surface area contributed by atoms with E-state index in [0.717, 1.165) is 6.07 Å². The Morgan fingerprint density at radius 1 is 1.27 bits per heavy atom. The van der Waals surface area contributed by atoms with Crippen molar-refractivity contribution in [3.63, 3.8) is 0 Å². The predicted molar refractivity (Wildman–Crippen MR) is 84.4 cm³/mol. The van der Waals surface area contributed by atoms with Crippen LogP contribution in [0, 0.1) is 17.0 Å². The highest BCUT2D eigenvalue weighted by Crippen LogP contribution is 2.28. The van der Waals surface area contributed by atoms with Gasteiger partial charge in [0.05, 0.1) is 22.3 Å². The van der Waals surface area contributed by atoms with Crippen LogP contribution in [0.2, 0.25) is 0 Å². The minimum atomic E-state index is -4.61. The predicted octanol–water partition coefficient (Wildman–Crippen LogP) is 2.78. The molecule has 1 aromatic carbocycles. The third-order valence-electron chi connectivity index (χ3n) is 3.57. The largest absolute Gasteiger partial charge is 0.433 e. The van der Waals surface area contributed by atoms with Crippen molar-refractivity contribution in [3.05, 3.63) is 69.0 Å². The Hall–Kier alpha value is -3.01. The van der Waals surface area contributed by atoms with Gasteiger partial charge in [-0.25, -0.2) is 4.98 Å². The summed E-state index contributed by atoms with van der Waals surface area (Å²) in [5, 5.41) is 23.0. The maximum atomic E-state index is 12.6. The number of rotatable bonds is 5. The number of nitrogens with zero attached hydrogens (tertiary/aromatic N) is 2. The van der Waals surface area contributed by atoms with Crippen LogP contribution in [0.1, 0.15) is 33.4 Å². The van der Waals surface area contributed by atoms with Crippen molar-refractivity contribution in [2.45, 2.75) is 19.2 Å². The number of nitrogens with one attached hydrogen (secondary N) is 1. The van der Waals surface area contributed by atoms with Gasteiger partial charge in [-0.05, 0) is 36.8 Å². The molecule has 0 aliphatic rings. The smallest absolute Gasteiger partial charge is 0.387 e. The number of nitro benzene ring substituents is 1. The summed E-state index contributed by atoms with van der Waals surface area (Å²) in [5.41, 5.74) is -1.04. The zero-order chi connectivity index (χ0) is 19.5. The number of hydrogen-bond acceptors (Lipinski definition) is 5. The fourth-order valence-electron chi connectivity index (χ4n) is 2.18. The molecule has 0 radical (unpaired) electrons. The third kappa shape index (κ3) is 4.54. The van der Waals surface area contributed by atoms with Crippen LogP contribution < -0.4 is 5.32 Å². The molecule has 0 bridgehead atoms. The number of halogens is 3. The van der Waals surface area contributed by atoms with E-state index >= 15 is 0 Å². The minimum absolute atomic E-state index is 0.0473. The Labute approximate surface area is 145 Å². The fraction of sp³-hybridized carbons (Fsp3) is 0.250. The normalized spacial score (nSPS) is 12.5. The SMILES string of the molecule is Cc1nc(C(F)(F)F)ccc1C(=O)NC[C@H](O)c1ccc([N+](=O)[O-])cc1. The van der Waals surface area contributed by atoms with Gasteiger partial charge in [0, 0.05) is 18.7 Å². The van der Waals surface area contributed by atoms with Crippen LogP contribution in [0.4, 0.5) is 18.9 Å². The Kier molecular flexibility index (Phi) is 5.56. The first-order chi connectivity index (χ1) is 12.1. The Morgan fingerprint density at radius 2 is 1.88 bits per heavy atom. The van der Waals surface area contributed by atoms with Crippen LogP contribution in [-0.2, 0) is 6.18 Å². The molecular weight excluding hydrogens is 355 g/mol. The Morgan fingerprint density at radius 3 is 2.38 bits per heavy atom. The van der Waals surface area contributed by atoms with Gasteiger partial charge in [0.2, 0.25) is 0 Å². The zero-order valence-electron chi connectivity index (χ0n) is 13.4. The number of benzene rings is 1. The summed E-state index contributed by atoms with van der Waals surface area (Å²) in [6, 6.07) is 6.84. The Bertz CT molecular complexity index is 822. The second-order valence-corrected chi connectivity index (χ2v) is 5.40. The molecule has 1 aromatic heterocycles. The van der Waals surface area contributed by atoms with Crippen molar-refractivity contribution < 1.29 is 28.0 Å². The molecule has 7 nitrogen and oxygen atoms in total. The number of amides is 1. The van der Waals surface area contributed by atoms with Gasteiger partial charge in [-0.3, -0.25) is 14.9 Å². The molecule has 0 saturated heterocycles.